The molecular formula is C19H24N2O2S. The molecule has 1 heterocycles. The smallest absolute Gasteiger partial charge is 0.178 e. The number of sulfone groups is 1. The quantitative estimate of drug-likeness (QED) is 0.836. The maximum atomic E-state index is 11.9. The lowest BCUT2D eigenvalue weighted by Gasteiger charge is -2.36. The first-order chi connectivity index (χ1) is 11.6. The van der Waals surface area contributed by atoms with Crippen LogP contribution in [0.2, 0.25) is 0 Å². The molecule has 3 rings (SSSR count). The number of piperazine rings is 1. The first kappa shape index (κ1) is 17.0. The van der Waals surface area contributed by atoms with Gasteiger partial charge in [-0.2, -0.15) is 0 Å². The molecule has 0 radical (unpaired) electrons. The van der Waals surface area contributed by atoms with Crippen molar-refractivity contribution < 1.29 is 8.42 Å². The van der Waals surface area contributed by atoms with Crippen molar-refractivity contribution in [2.75, 3.05) is 36.8 Å². The second kappa shape index (κ2) is 7.36. The topological polar surface area (TPSA) is 40.6 Å². The zero-order valence-electron chi connectivity index (χ0n) is 14.1. The van der Waals surface area contributed by atoms with Crippen LogP contribution < -0.4 is 4.90 Å². The third-order valence-electron chi connectivity index (χ3n) is 4.56. The van der Waals surface area contributed by atoms with Crippen LogP contribution in [0, 0.1) is 0 Å². The highest BCUT2D eigenvalue weighted by Gasteiger charge is 2.18. The Bertz CT molecular complexity index is 750. The monoisotopic (exact) mass is 344 g/mol. The Labute approximate surface area is 144 Å². The highest BCUT2D eigenvalue weighted by atomic mass is 32.2. The van der Waals surface area contributed by atoms with Gasteiger partial charge in [0.15, 0.2) is 9.84 Å². The summed E-state index contributed by atoms with van der Waals surface area (Å²) in [6.07, 6.45) is 0. The molecule has 0 saturated carbocycles. The summed E-state index contributed by atoms with van der Waals surface area (Å²) in [6.45, 7) is 6.63. The number of hydrogen-bond acceptors (Lipinski definition) is 4. The summed E-state index contributed by atoms with van der Waals surface area (Å²) in [4.78, 5) is 5.20. The molecule has 0 N–H and O–H groups in total. The molecule has 1 aliphatic rings. The largest absolute Gasteiger partial charge is 0.369 e. The molecule has 2 aromatic rings. The first-order valence-electron chi connectivity index (χ1n) is 8.42. The van der Waals surface area contributed by atoms with E-state index in [-0.39, 0.29) is 5.75 Å². The predicted molar refractivity (Wildman–Crippen MR) is 98.1 cm³/mol. The lowest BCUT2D eigenvalue weighted by atomic mass is 10.2. The lowest BCUT2D eigenvalue weighted by molar-refractivity contribution is 0.250. The zero-order valence-corrected chi connectivity index (χ0v) is 14.9. The Balaban J connectivity index is 1.59. The molecule has 0 bridgehead atoms. The van der Waals surface area contributed by atoms with Crippen LogP contribution in [0.15, 0.2) is 59.5 Å². The zero-order chi connectivity index (χ0) is 17.0. The van der Waals surface area contributed by atoms with Gasteiger partial charge in [-0.3, -0.25) is 4.90 Å². The van der Waals surface area contributed by atoms with Crippen molar-refractivity contribution in [3.8, 4) is 0 Å². The molecule has 5 heteroatoms. The van der Waals surface area contributed by atoms with Crippen LogP contribution in [0.25, 0.3) is 0 Å². The lowest BCUT2D eigenvalue weighted by Crippen LogP contribution is -2.45. The summed E-state index contributed by atoms with van der Waals surface area (Å²) in [7, 11) is -3.12. The molecule has 0 atom stereocenters. The number of nitrogens with zero attached hydrogens (tertiary/aromatic N) is 2. The molecule has 0 unspecified atom stereocenters. The van der Waals surface area contributed by atoms with Gasteiger partial charge in [0, 0.05) is 38.4 Å². The van der Waals surface area contributed by atoms with Crippen molar-refractivity contribution >= 4 is 15.5 Å². The van der Waals surface area contributed by atoms with Crippen molar-refractivity contribution in [3.05, 3.63) is 60.2 Å². The molecular weight excluding hydrogens is 320 g/mol. The predicted octanol–water partition coefficient (Wildman–Crippen LogP) is 2.80. The Hall–Kier alpha value is -1.85. The van der Waals surface area contributed by atoms with Crippen LogP contribution in [0.5, 0.6) is 0 Å². The third-order valence-corrected chi connectivity index (χ3v) is 6.31. The maximum absolute atomic E-state index is 11.9. The highest BCUT2D eigenvalue weighted by molar-refractivity contribution is 7.91. The summed E-state index contributed by atoms with van der Waals surface area (Å²) >= 11 is 0. The Morgan fingerprint density at radius 3 is 2.08 bits per heavy atom. The average Bonchev–Trinajstić information content (AvgIpc) is 2.63. The minimum atomic E-state index is -3.12. The number of benzene rings is 2. The standard InChI is InChI=1S/C19H24N2O2S/c1-2-24(22,23)19-10-8-18(9-11-19)21-14-12-20(13-15-21)16-17-6-4-3-5-7-17/h3-11H,2,12-16H2,1H3. The molecule has 24 heavy (non-hydrogen) atoms. The highest BCUT2D eigenvalue weighted by Crippen LogP contribution is 2.20. The summed E-state index contributed by atoms with van der Waals surface area (Å²) in [5, 5.41) is 0. The summed E-state index contributed by atoms with van der Waals surface area (Å²) in [5.41, 5.74) is 2.45. The van der Waals surface area contributed by atoms with Crippen LogP contribution >= 0.6 is 0 Å². The first-order valence-corrected chi connectivity index (χ1v) is 10.1. The fourth-order valence-corrected chi connectivity index (χ4v) is 3.92. The van der Waals surface area contributed by atoms with Gasteiger partial charge in [-0.05, 0) is 29.8 Å². The van der Waals surface area contributed by atoms with Crippen LogP contribution in [0.1, 0.15) is 12.5 Å². The van der Waals surface area contributed by atoms with Gasteiger partial charge < -0.3 is 4.90 Å². The Morgan fingerprint density at radius 1 is 0.875 bits per heavy atom. The number of hydrogen-bond donors (Lipinski definition) is 0. The van der Waals surface area contributed by atoms with Crippen LogP contribution in [0.4, 0.5) is 5.69 Å². The Kier molecular flexibility index (Phi) is 5.21. The van der Waals surface area contributed by atoms with E-state index in [4.69, 9.17) is 0 Å². The van der Waals surface area contributed by atoms with E-state index in [1.54, 1.807) is 19.1 Å². The van der Waals surface area contributed by atoms with E-state index in [1.165, 1.54) is 5.56 Å². The number of rotatable bonds is 5. The molecule has 1 fully saturated rings. The molecule has 0 aliphatic carbocycles. The normalized spacial score (nSPS) is 16.3. The van der Waals surface area contributed by atoms with Crippen molar-refractivity contribution in [3.63, 3.8) is 0 Å². The minimum absolute atomic E-state index is 0.143. The number of anilines is 1. The van der Waals surface area contributed by atoms with E-state index >= 15 is 0 Å². The molecule has 0 aromatic heterocycles. The van der Waals surface area contributed by atoms with Crippen molar-refractivity contribution in [2.24, 2.45) is 0 Å². The van der Waals surface area contributed by atoms with Gasteiger partial charge in [-0.15, -0.1) is 0 Å². The minimum Gasteiger partial charge on any atom is -0.369 e. The van der Waals surface area contributed by atoms with E-state index in [2.05, 4.69) is 34.1 Å². The summed E-state index contributed by atoms with van der Waals surface area (Å²) in [6, 6.07) is 17.8. The van der Waals surface area contributed by atoms with Gasteiger partial charge in [-0.25, -0.2) is 8.42 Å². The summed E-state index contributed by atoms with van der Waals surface area (Å²) < 4.78 is 23.8. The van der Waals surface area contributed by atoms with Crippen LogP contribution in [0.3, 0.4) is 0 Å². The van der Waals surface area contributed by atoms with E-state index in [9.17, 15) is 8.42 Å². The molecule has 1 aliphatic heterocycles. The average molecular weight is 344 g/mol. The van der Waals surface area contributed by atoms with E-state index in [1.807, 2.05) is 18.2 Å². The Morgan fingerprint density at radius 2 is 1.50 bits per heavy atom. The molecule has 4 nitrogen and oxygen atoms in total. The second-order valence-electron chi connectivity index (χ2n) is 6.15. The molecule has 2 aromatic carbocycles. The SMILES string of the molecule is CCS(=O)(=O)c1ccc(N2CCN(Cc3ccccc3)CC2)cc1. The van der Waals surface area contributed by atoms with Gasteiger partial charge in [0.05, 0.1) is 10.6 Å². The van der Waals surface area contributed by atoms with E-state index in [0.717, 1.165) is 38.4 Å². The van der Waals surface area contributed by atoms with Gasteiger partial charge in [0.25, 0.3) is 0 Å². The molecule has 0 amide bonds. The molecule has 128 valence electrons. The van der Waals surface area contributed by atoms with Crippen molar-refractivity contribution in [1.29, 1.82) is 0 Å². The molecule has 1 saturated heterocycles. The van der Waals surface area contributed by atoms with Crippen molar-refractivity contribution in [1.82, 2.24) is 4.90 Å². The van der Waals surface area contributed by atoms with Gasteiger partial charge in [-0.1, -0.05) is 37.3 Å². The van der Waals surface area contributed by atoms with Crippen LogP contribution in [-0.4, -0.2) is 45.2 Å². The van der Waals surface area contributed by atoms with Gasteiger partial charge >= 0.3 is 0 Å². The summed E-state index contributed by atoms with van der Waals surface area (Å²) in [5.74, 6) is 0.143. The maximum Gasteiger partial charge on any atom is 0.178 e. The fraction of sp³-hybridized carbons (Fsp3) is 0.368. The van der Waals surface area contributed by atoms with E-state index < -0.39 is 9.84 Å². The fourth-order valence-electron chi connectivity index (χ4n) is 3.04. The van der Waals surface area contributed by atoms with Crippen molar-refractivity contribution in [2.45, 2.75) is 18.4 Å². The van der Waals surface area contributed by atoms with Gasteiger partial charge in [0.1, 0.15) is 0 Å². The van der Waals surface area contributed by atoms with Crippen LogP contribution in [-0.2, 0) is 16.4 Å². The second-order valence-corrected chi connectivity index (χ2v) is 8.42. The van der Waals surface area contributed by atoms with E-state index in [0.29, 0.717) is 4.90 Å². The molecule has 0 spiro atoms. The third kappa shape index (κ3) is 3.97. The van der Waals surface area contributed by atoms with Gasteiger partial charge in [0.2, 0.25) is 0 Å².